The van der Waals surface area contributed by atoms with Crippen LogP contribution in [0.4, 0.5) is 0 Å². The molecule has 1 fully saturated rings. The maximum absolute atomic E-state index is 11.4. The summed E-state index contributed by atoms with van der Waals surface area (Å²) in [6.45, 7) is 2.78. The van der Waals surface area contributed by atoms with Crippen LogP contribution in [0.15, 0.2) is 30.3 Å². The van der Waals surface area contributed by atoms with Gasteiger partial charge in [-0.1, -0.05) is 30.3 Å². The van der Waals surface area contributed by atoms with E-state index < -0.39 is 18.1 Å². The van der Waals surface area contributed by atoms with Gasteiger partial charge in [0.15, 0.2) is 0 Å². The highest BCUT2D eigenvalue weighted by Gasteiger charge is 2.39. The van der Waals surface area contributed by atoms with E-state index in [1.54, 1.807) is 6.92 Å². The number of carboxylic acid groups (broad SMARTS) is 1. The van der Waals surface area contributed by atoms with Crippen molar-refractivity contribution in [2.24, 2.45) is 5.92 Å². The number of nitrogens with zero attached hydrogens (tertiary/aromatic N) is 1. The molecule has 2 unspecified atom stereocenters. The van der Waals surface area contributed by atoms with Crippen LogP contribution in [0.5, 0.6) is 0 Å². The number of carbonyl (C=O) groups is 1. The first-order valence-corrected chi connectivity index (χ1v) is 7.33. The summed E-state index contributed by atoms with van der Waals surface area (Å²) in [7, 11) is 0. The minimum absolute atomic E-state index is 0.0308. The van der Waals surface area contributed by atoms with E-state index in [2.05, 4.69) is 0 Å². The zero-order chi connectivity index (χ0) is 15.4. The highest BCUT2D eigenvalue weighted by atomic mass is 16.4. The van der Waals surface area contributed by atoms with Crippen LogP contribution in [0, 0.1) is 5.92 Å². The van der Waals surface area contributed by atoms with Gasteiger partial charge in [-0.2, -0.15) is 0 Å². The summed E-state index contributed by atoms with van der Waals surface area (Å²) in [5.74, 6) is -0.753. The second-order valence-electron chi connectivity index (χ2n) is 5.85. The quantitative estimate of drug-likeness (QED) is 0.726. The molecule has 0 saturated carbocycles. The summed E-state index contributed by atoms with van der Waals surface area (Å²) in [6, 6.07) is 9.18. The van der Waals surface area contributed by atoms with E-state index in [0.29, 0.717) is 13.1 Å². The van der Waals surface area contributed by atoms with Crippen molar-refractivity contribution in [3.8, 4) is 0 Å². The Hall–Kier alpha value is -1.43. The molecule has 0 amide bonds. The zero-order valence-electron chi connectivity index (χ0n) is 12.2. The highest BCUT2D eigenvalue weighted by molar-refractivity contribution is 5.73. The van der Waals surface area contributed by atoms with Crippen molar-refractivity contribution >= 4 is 5.97 Å². The number of likely N-dealkylation sites (tertiary alicyclic amines) is 1. The molecule has 116 valence electrons. The van der Waals surface area contributed by atoms with Crippen molar-refractivity contribution in [2.75, 3.05) is 19.7 Å². The summed E-state index contributed by atoms with van der Waals surface area (Å²) in [5, 5.41) is 28.5. The van der Waals surface area contributed by atoms with Crippen LogP contribution >= 0.6 is 0 Å². The van der Waals surface area contributed by atoms with E-state index in [0.717, 1.165) is 5.56 Å². The molecule has 0 aromatic heterocycles. The van der Waals surface area contributed by atoms with E-state index >= 15 is 0 Å². The first-order chi connectivity index (χ1) is 10.0. The van der Waals surface area contributed by atoms with E-state index in [1.807, 2.05) is 35.2 Å². The maximum atomic E-state index is 11.4. The van der Waals surface area contributed by atoms with Gasteiger partial charge in [0, 0.05) is 31.5 Å². The molecule has 5 nitrogen and oxygen atoms in total. The molecule has 1 saturated heterocycles. The lowest BCUT2D eigenvalue weighted by atomic mass is 9.90. The Morgan fingerprint density at radius 3 is 2.52 bits per heavy atom. The Morgan fingerprint density at radius 2 is 2.00 bits per heavy atom. The van der Waals surface area contributed by atoms with Crippen LogP contribution in [-0.4, -0.2) is 58.0 Å². The topological polar surface area (TPSA) is 81.0 Å². The van der Waals surface area contributed by atoms with Crippen LogP contribution in [0.2, 0.25) is 0 Å². The zero-order valence-corrected chi connectivity index (χ0v) is 12.2. The van der Waals surface area contributed by atoms with Gasteiger partial charge < -0.3 is 15.3 Å². The predicted molar refractivity (Wildman–Crippen MR) is 79.1 cm³/mol. The second-order valence-corrected chi connectivity index (χ2v) is 5.85. The van der Waals surface area contributed by atoms with Gasteiger partial charge in [0.1, 0.15) is 6.04 Å². The molecular weight excluding hydrogens is 270 g/mol. The molecular formula is C16H23NO4. The van der Waals surface area contributed by atoms with E-state index in [9.17, 15) is 20.1 Å². The van der Waals surface area contributed by atoms with Crippen LogP contribution in [0.25, 0.3) is 0 Å². The molecule has 0 radical (unpaired) electrons. The lowest BCUT2D eigenvalue weighted by Gasteiger charge is -2.25. The molecule has 1 aromatic rings. The van der Waals surface area contributed by atoms with Gasteiger partial charge in [-0.15, -0.1) is 0 Å². The van der Waals surface area contributed by atoms with E-state index in [-0.39, 0.29) is 24.9 Å². The number of aliphatic hydroxyl groups excluding tert-OH is 2. The maximum Gasteiger partial charge on any atom is 0.321 e. The summed E-state index contributed by atoms with van der Waals surface area (Å²) in [4.78, 5) is 13.3. The molecule has 3 N–H and O–H groups in total. The van der Waals surface area contributed by atoms with E-state index in [4.69, 9.17) is 0 Å². The van der Waals surface area contributed by atoms with E-state index in [1.165, 1.54) is 0 Å². The Kier molecular flexibility index (Phi) is 5.33. The molecule has 1 aliphatic rings. The minimum Gasteiger partial charge on any atom is -0.480 e. The third-order valence-electron chi connectivity index (χ3n) is 4.22. The molecule has 0 bridgehead atoms. The van der Waals surface area contributed by atoms with Gasteiger partial charge in [0.2, 0.25) is 0 Å². The standard InChI is InChI=1S/C16H23NO4/c1-11(19)7-15(16(20)21)17-8-13(10-18)14(9-17)12-5-3-2-4-6-12/h2-6,11,13-15,18-19H,7-10H2,1H3,(H,20,21)/t11?,13-,14-,15?/m0/s1. The van der Waals surface area contributed by atoms with Gasteiger partial charge in [-0.3, -0.25) is 9.69 Å². The lowest BCUT2D eigenvalue weighted by molar-refractivity contribution is -0.144. The third-order valence-corrected chi connectivity index (χ3v) is 4.22. The first-order valence-electron chi connectivity index (χ1n) is 7.33. The Bertz CT molecular complexity index is 463. The average molecular weight is 293 g/mol. The van der Waals surface area contributed by atoms with Crippen LogP contribution in [0.1, 0.15) is 24.8 Å². The lowest BCUT2D eigenvalue weighted by Crippen LogP contribution is -2.42. The van der Waals surface area contributed by atoms with Crippen molar-refractivity contribution < 1.29 is 20.1 Å². The summed E-state index contributed by atoms with van der Waals surface area (Å²) >= 11 is 0. The van der Waals surface area contributed by atoms with Crippen molar-refractivity contribution in [2.45, 2.75) is 31.4 Å². The highest BCUT2D eigenvalue weighted by Crippen LogP contribution is 2.34. The SMILES string of the molecule is CC(O)CC(C(=O)O)N1C[C@@H](CO)[C@H](c2ccccc2)C1. The Morgan fingerprint density at radius 1 is 1.33 bits per heavy atom. The fourth-order valence-electron chi connectivity index (χ4n) is 3.15. The molecule has 1 heterocycles. The molecule has 21 heavy (non-hydrogen) atoms. The monoisotopic (exact) mass is 293 g/mol. The molecule has 1 aromatic carbocycles. The van der Waals surface area contributed by atoms with Crippen LogP contribution < -0.4 is 0 Å². The van der Waals surface area contributed by atoms with Crippen molar-refractivity contribution in [1.29, 1.82) is 0 Å². The summed E-state index contributed by atoms with van der Waals surface area (Å²) in [5.41, 5.74) is 1.13. The Balaban J connectivity index is 2.15. The fourth-order valence-corrected chi connectivity index (χ4v) is 3.15. The molecule has 5 heteroatoms. The van der Waals surface area contributed by atoms with Gasteiger partial charge in [-0.05, 0) is 18.9 Å². The van der Waals surface area contributed by atoms with Gasteiger partial charge in [-0.25, -0.2) is 0 Å². The van der Waals surface area contributed by atoms with Crippen molar-refractivity contribution in [3.63, 3.8) is 0 Å². The van der Waals surface area contributed by atoms with Gasteiger partial charge in [0.25, 0.3) is 0 Å². The van der Waals surface area contributed by atoms with Gasteiger partial charge in [0.05, 0.1) is 6.10 Å². The largest absolute Gasteiger partial charge is 0.480 e. The number of aliphatic hydroxyl groups is 2. The van der Waals surface area contributed by atoms with Crippen LogP contribution in [0.3, 0.4) is 0 Å². The normalized spacial score (nSPS) is 25.7. The molecule has 0 spiro atoms. The number of hydrogen-bond donors (Lipinski definition) is 3. The number of aliphatic carboxylic acids is 1. The molecule has 1 aliphatic heterocycles. The number of benzene rings is 1. The summed E-state index contributed by atoms with van der Waals surface area (Å²) < 4.78 is 0. The molecule has 4 atom stereocenters. The fraction of sp³-hybridized carbons (Fsp3) is 0.562. The van der Waals surface area contributed by atoms with Crippen LogP contribution in [-0.2, 0) is 4.79 Å². The molecule has 2 rings (SSSR count). The minimum atomic E-state index is -0.915. The second kappa shape index (κ2) is 7.02. The number of carboxylic acids is 1. The first kappa shape index (κ1) is 15.9. The average Bonchev–Trinajstić information content (AvgIpc) is 2.89. The van der Waals surface area contributed by atoms with Crippen molar-refractivity contribution in [1.82, 2.24) is 4.90 Å². The molecule has 0 aliphatic carbocycles. The van der Waals surface area contributed by atoms with Gasteiger partial charge >= 0.3 is 5.97 Å². The smallest absolute Gasteiger partial charge is 0.321 e. The third kappa shape index (κ3) is 3.81. The van der Waals surface area contributed by atoms with Crippen molar-refractivity contribution in [3.05, 3.63) is 35.9 Å². The predicted octanol–water partition coefficient (Wildman–Crippen LogP) is 0.918. The number of rotatable bonds is 6. The number of hydrogen-bond acceptors (Lipinski definition) is 4. The summed E-state index contributed by atoms with van der Waals surface area (Å²) in [6.07, 6.45) is -0.455. The Labute approximate surface area is 124 Å².